The summed E-state index contributed by atoms with van der Waals surface area (Å²) in [5.74, 6) is 1.56. The van der Waals surface area contributed by atoms with E-state index in [0.29, 0.717) is 6.04 Å². The van der Waals surface area contributed by atoms with E-state index < -0.39 is 0 Å². The minimum absolute atomic E-state index is 0.702. The van der Waals surface area contributed by atoms with Gasteiger partial charge in [0.05, 0.1) is 5.69 Å². The maximum absolute atomic E-state index is 4.53. The van der Waals surface area contributed by atoms with Gasteiger partial charge in [0, 0.05) is 54.7 Å². The Hall–Kier alpha value is -1.23. The fraction of sp³-hybridized carbons (Fsp3) is 0.591. The Morgan fingerprint density at radius 3 is 2.73 bits per heavy atom. The highest BCUT2D eigenvalue weighted by atomic mass is 32.1. The SMILES string of the molecule is CC(C)Cc1ccc(CN2CC3CCC2CN(Cc2ccccn2)C3)s1. The number of rotatable bonds is 6. The molecule has 0 N–H and O–H groups in total. The lowest BCUT2D eigenvalue weighted by Crippen LogP contribution is -2.43. The summed E-state index contributed by atoms with van der Waals surface area (Å²) in [6, 6.07) is 11.7. The van der Waals surface area contributed by atoms with Gasteiger partial charge in [-0.15, -0.1) is 11.3 Å². The van der Waals surface area contributed by atoms with Crippen LogP contribution < -0.4 is 0 Å². The highest BCUT2D eigenvalue weighted by Gasteiger charge is 2.34. The molecule has 5 heterocycles. The molecule has 3 aliphatic rings. The van der Waals surface area contributed by atoms with Crippen molar-refractivity contribution in [2.75, 3.05) is 19.6 Å². The summed E-state index contributed by atoms with van der Waals surface area (Å²) in [6.45, 7) is 10.4. The van der Waals surface area contributed by atoms with Crippen LogP contribution in [0.2, 0.25) is 0 Å². The van der Waals surface area contributed by atoms with Crippen molar-refractivity contribution >= 4 is 11.3 Å². The van der Waals surface area contributed by atoms with Crippen molar-refractivity contribution in [3.8, 4) is 0 Å². The number of nitrogens with zero attached hydrogens (tertiary/aromatic N) is 3. The van der Waals surface area contributed by atoms with Gasteiger partial charge in [0.15, 0.2) is 0 Å². The summed E-state index contributed by atoms with van der Waals surface area (Å²) in [6.07, 6.45) is 5.88. The molecule has 3 nitrogen and oxygen atoms in total. The van der Waals surface area contributed by atoms with Crippen molar-refractivity contribution in [3.63, 3.8) is 0 Å². The predicted molar refractivity (Wildman–Crippen MR) is 109 cm³/mol. The zero-order valence-electron chi connectivity index (χ0n) is 16.1. The van der Waals surface area contributed by atoms with Crippen LogP contribution in [0.25, 0.3) is 0 Å². The third kappa shape index (κ3) is 4.54. The summed E-state index contributed by atoms with van der Waals surface area (Å²) in [5.41, 5.74) is 1.21. The van der Waals surface area contributed by atoms with Crippen LogP contribution in [-0.4, -0.2) is 40.5 Å². The van der Waals surface area contributed by atoms with Gasteiger partial charge in [-0.3, -0.25) is 14.8 Å². The summed E-state index contributed by atoms with van der Waals surface area (Å²) < 4.78 is 0. The molecular weight excluding hydrogens is 338 g/mol. The smallest absolute Gasteiger partial charge is 0.0543 e. The van der Waals surface area contributed by atoms with Crippen molar-refractivity contribution in [1.29, 1.82) is 0 Å². The van der Waals surface area contributed by atoms with E-state index in [9.17, 15) is 0 Å². The second-order valence-electron chi connectivity index (χ2n) is 8.51. The molecule has 5 rings (SSSR count). The van der Waals surface area contributed by atoms with Gasteiger partial charge in [-0.05, 0) is 55.4 Å². The Labute approximate surface area is 162 Å². The number of thiophene rings is 1. The van der Waals surface area contributed by atoms with Gasteiger partial charge >= 0.3 is 0 Å². The molecule has 2 aromatic heterocycles. The normalized spacial score (nSPS) is 24.3. The number of hydrogen-bond donors (Lipinski definition) is 0. The first kappa shape index (κ1) is 18.1. The molecule has 0 amide bonds. The molecule has 3 saturated heterocycles. The number of hydrogen-bond acceptors (Lipinski definition) is 4. The number of pyridine rings is 1. The molecule has 2 aromatic rings. The van der Waals surface area contributed by atoms with Gasteiger partial charge < -0.3 is 0 Å². The second kappa shape index (κ2) is 8.20. The van der Waals surface area contributed by atoms with E-state index in [2.05, 4.69) is 52.9 Å². The lowest BCUT2D eigenvalue weighted by atomic mass is 9.95. The minimum atomic E-state index is 0.702. The van der Waals surface area contributed by atoms with Crippen LogP contribution in [0.15, 0.2) is 36.5 Å². The molecule has 0 aromatic carbocycles. The van der Waals surface area contributed by atoms with Crippen molar-refractivity contribution in [2.45, 2.75) is 52.2 Å². The minimum Gasteiger partial charge on any atom is -0.296 e. The van der Waals surface area contributed by atoms with E-state index in [0.717, 1.165) is 24.9 Å². The molecule has 2 bridgehead atoms. The second-order valence-corrected chi connectivity index (χ2v) is 9.76. The third-order valence-electron chi connectivity index (χ3n) is 5.70. The molecule has 0 radical (unpaired) electrons. The van der Waals surface area contributed by atoms with Crippen LogP contribution in [-0.2, 0) is 19.5 Å². The average Bonchev–Trinajstić information content (AvgIpc) is 2.86. The molecule has 26 heavy (non-hydrogen) atoms. The molecule has 0 spiro atoms. The van der Waals surface area contributed by atoms with Gasteiger partial charge in [0.25, 0.3) is 0 Å². The number of piperidine rings is 1. The first-order chi connectivity index (χ1) is 12.7. The Kier molecular flexibility index (Phi) is 5.72. The van der Waals surface area contributed by atoms with Gasteiger partial charge in [-0.2, -0.15) is 0 Å². The van der Waals surface area contributed by atoms with Gasteiger partial charge in [-0.1, -0.05) is 19.9 Å². The largest absolute Gasteiger partial charge is 0.296 e. The van der Waals surface area contributed by atoms with Crippen molar-refractivity contribution in [3.05, 3.63) is 52.0 Å². The molecule has 140 valence electrons. The van der Waals surface area contributed by atoms with Crippen molar-refractivity contribution in [1.82, 2.24) is 14.8 Å². The number of fused-ring (bicyclic) bond motifs is 4. The monoisotopic (exact) mass is 369 g/mol. The lowest BCUT2D eigenvalue weighted by Gasteiger charge is -2.35. The van der Waals surface area contributed by atoms with Crippen molar-refractivity contribution < 1.29 is 0 Å². The maximum Gasteiger partial charge on any atom is 0.0543 e. The Morgan fingerprint density at radius 2 is 1.92 bits per heavy atom. The van der Waals surface area contributed by atoms with E-state index in [4.69, 9.17) is 0 Å². The fourth-order valence-electron chi connectivity index (χ4n) is 4.54. The van der Waals surface area contributed by atoms with Gasteiger partial charge in [-0.25, -0.2) is 0 Å². The van der Waals surface area contributed by atoms with Crippen LogP contribution in [0.1, 0.15) is 42.1 Å². The first-order valence-corrected chi connectivity index (χ1v) is 10.9. The van der Waals surface area contributed by atoms with Crippen LogP contribution in [0.3, 0.4) is 0 Å². The molecule has 0 saturated carbocycles. The van der Waals surface area contributed by atoms with Crippen LogP contribution >= 0.6 is 11.3 Å². The van der Waals surface area contributed by atoms with E-state index in [1.54, 1.807) is 9.75 Å². The summed E-state index contributed by atoms with van der Waals surface area (Å²) in [5, 5.41) is 0. The molecule has 4 heteroatoms. The van der Waals surface area contributed by atoms with Gasteiger partial charge in [0.2, 0.25) is 0 Å². The fourth-order valence-corrected chi connectivity index (χ4v) is 5.80. The van der Waals surface area contributed by atoms with E-state index in [-0.39, 0.29) is 0 Å². The summed E-state index contributed by atoms with van der Waals surface area (Å²) in [4.78, 5) is 13.0. The average molecular weight is 370 g/mol. The summed E-state index contributed by atoms with van der Waals surface area (Å²) >= 11 is 2.03. The molecule has 0 aliphatic carbocycles. The van der Waals surface area contributed by atoms with Crippen LogP contribution in [0, 0.1) is 11.8 Å². The Bertz CT molecular complexity index is 696. The lowest BCUT2D eigenvalue weighted by molar-refractivity contribution is 0.124. The summed E-state index contributed by atoms with van der Waals surface area (Å²) in [7, 11) is 0. The van der Waals surface area contributed by atoms with E-state index >= 15 is 0 Å². The molecule has 2 atom stereocenters. The van der Waals surface area contributed by atoms with Crippen LogP contribution in [0.4, 0.5) is 0 Å². The molecule has 2 unspecified atom stereocenters. The van der Waals surface area contributed by atoms with Gasteiger partial charge in [0.1, 0.15) is 0 Å². The first-order valence-electron chi connectivity index (χ1n) is 10.1. The van der Waals surface area contributed by atoms with E-state index in [1.807, 2.05) is 23.6 Å². The highest BCUT2D eigenvalue weighted by molar-refractivity contribution is 7.11. The maximum atomic E-state index is 4.53. The zero-order valence-corrected chi connectivity index (χ0v) is 16.9. The molecule has 3 aliphatic heterocycles. The third-order valence-corrected chi connectivity index (χ3v) is 6.79. The molecule has 3 fully saturated rings. The Balaban J connectivity index is 1.39. The standard InChI is InChI=1S/C22H31N3S/c1-17(2)11-21-8-9-22(26-21)16-25-13-18-6-7-20(25)15-24(12-18)14-19-5-3-4-10-23-19/h3-5,8-10,17-18,20H,6-7,11-16H2,1-2H3. The zero-order chi connectivity index (χ0) is 17.9. The predicted octanol–water partition coefficient (Wildman–Crippen LogP) is 4.44. The van der Waals surface area contributed by atoms with Crippen molar-refractivity contribution in [2.24, 2.45) is 11.8 Å². The highest BCUT2D eigenvalue weighted by Crippen LogP contribution is 2.31. The quantitative estimate of drug-likeness (QED) is 0.750. The topological polar surface area (TPSA) is 19.4 Å². The number of aromatic nitrogens is 1. The van der Waals surface area contributed by atoms with E-state index in [1.165, 1.54) is 44.6 Å². The van der Waals surface area contributed by atoms with Crippen LogP contribution in [0.5, 0.6) is 0 Å². The molecular formula is C22H31N3S. The Morgan fingerprint density at radius 1 is 1.04 bits per heavy atom.